The van der Waals surface area contributed by atoms with Crippen LogP contribution in [0.4, 0.5) is 0 Å². The lowest BCUT2D eigenvalue weighted by Crippen LogP contribution is -1.94. The molecule has 0 amide bonds. The number of fused-ring (bicyclic) bond motifs is 6. The van der Waals surface area contributed by atoms with Crippen molar-refractivity contribution in [3.8, 4) is 39.3 Å². The fraction of sp³-hybridized carbons (Fsp3) is 0. The van der Waals surface area contributed by atoms with Crippen LogP contribution in [0.15, 0.2) is 180 Å². The first-order valence-electron chi connectivity index (χ1n) is 16.4. The first-order valence-corrected chi connectivity index (χ1v) is 16.4. The smallest absolute Gasteiger partial charge is 0.143 e. The predicted molar refractivity (Wildman–Crippen MR) is 202 cm³/mol. The average Bonchev–Trinajstić information content (AvgIpc) is 3.70. The summed E-state index contributed by atoms with van der Waals surface area (Å²) in [6.45, 7) is 0. The van der Waals surface area contributed by atoms with Crippen LogP contribution in [-0.4, -0.2) is 4.57 Å². The quantitative estimate of drug-likeness (QED) is 0.194. The van der Waals surface area contributed by atoms with E-state index >= 15 is 0 Å². The zero-order valence-corrected chi connectivity index (χ0v) is 26.1. The van der Waals surface area contributed by atoms with Crippen molar-refractivity contribution in [3.63, 3.8) is 0 Å². The highest BCUT2D eigenvalue weighted by Crippen LogP contribution is 2.44. The Labute approximate surface area is 277 Å². The minimum atomic E-state index is 0.876. The summed E-state index contributed by atoms with van der Waals surface area (Å²) in [4.78, 5) is 0. The number of hydrogen-bond acceptors (Lipinski definition) is 1. The number of nitrogens with zero attached hydrogens (tertiary/aromatic N) is 1. The Bertz CT molecular complexity index is 2790. The highest BCUT2D eigenvalue weighted by molar-refractivity contribution is 6.10. The molecule has 224 valence electrons. The Kier molecular flexibility index (Phi) is 5.91. The van der Waals surface area contributed by atoms with Gasteiger partial charge in [0, 0.05) is 33.0 Å². The van der Waals surface area contributed by atoms with Crippen molar-refractivity contribution in [2.45, 2.75) is 0 Å². The van der Waals surface area contributed by atoms with Gasteiger partial charge >= 0.3 is 0 Å². The molecule has 10 rings (SSSR count). The van der Waals surface area contributed by atoms with E-state index in [1.165, 1.54) is 48.9 Å². The molecule has 10 aromatic rings. The molecule has 0 spiro atoms. The number of furan rings is 1. The minimum Gasteiger partial charge on any atom is -0.455 e. The zero-order valence-electron chi connectivity index (χ0n) is 26.1. The minimum absolute atomic E-state index is 0.876. The van der Waals surface area contributed by atoms with Gasteiger partial charge in [-0.15, -0.1) is 0 Å². The maximum Gasteiger partial charge on any atom is 0.143 e. The molecule has 2 heteroatoms. The molecule has 0 bridgehead atoms. The molecule has 2 nitrogen and oxygen atoms in total. The summed E-state index contributed by atoms with van der Waals surface area (Å²) in [7, 11) is 0. The van der Waals surface area contributed by atoms with Crippen molar-refractivity contribution in [1.82, 2.24) is 4.57 Å². The number of benzene rings is 8. The maximum absolute atomic E-state index is 6.93. The molecule has 2 heterocycles. The van der Waals surface area contributed by atoms with Crippen LogP contribution in [0.5, 0.6) is 0 Å². The van der Waals surface area contributed by atoms with Crippen LogP contribution in [0.25, 0.3) is 93.6 Å². The summed E-state index contributed by atoms with van der Waals surface area (Å²) >= 11 is 0. The van der Waals surface area contributed by atoms with Gasteiger partial charge < -0.3 is 8.98 Å². The molecule has 0 fully saturated rings. The summed E-state index contributed by atoms with van der Waals surface area (Å²) in [6.07, 6.45) is 0. The number of hydrogen-bond donors (Lipinski definition) is 0. The van der Waals surface area contributed by atoms with Crippen molar-refractivity contribution in [2.24, 2.45) is 0 Å². The van der Waals surface area contributed by atoms with E-state index in [9.17, 15) is 0 Å². The Morgan fingerprint density at radius 2 is 1.02 bits per heavy atom. The van der Waals surface area contributed by atoms with Crippen LogP contribution in [0.3, 0.4) is 0 Å². The molecule has 0 unspecified atom stereocenters. The summed E-state index contributed by atoms with van der Waals surface area (Å²) < 4.78 is 9.31. The van der Waals surface area contributed by atoms with Crippen LogP contribution in [0.2, 0.25) is 0 Å². The molecule has 0 radical (unpaired) electrons. The molecule has 0 aliphatic carbocycles. The van der Waals surface area contributed by atoms with Crippen molar-refractivity contribution < 1.29 is 4.42 Å². The first kappa shape index (κ1) is 26.8. The van der Waals surface area contributed by atoms with E-state index in [0.29, 0.717) is 0 Å². The van der Waals surface area contributed by atoms with Crippen LogP contribution in [-0.2, 0) is 0 Å². The van der Waals surface area contributed by atoms with E-state index in [1.807, 2.05) is 0 Å². The van der Waals surface area contributed by atoms with Crippen LogP contribution in [0, 0.1) is 0 Å². The molecular weight excluding hydrogens is 583 g/mol. The number of rotatable bonds is 4. The maximum atomic E-state index is 6.93. The average molecular weight is 612 g/mol. The van der Waals surface area contributed by atoms with E-state index in [4.69, 9.17) is 4.42 Å². The van der Waals surface area contributed by atoms with E-state index in [-0.39, 0.29) is 0 Å². The van der Waals surface area contributed by atoms with Crippen molar-refractivity contribution >= 4 is 54.3 Å². The Morgan fingerprint density at radius 3 is 1.83 bits per heavy atom. The third-order valence-electron chi connectivity index (χ3n) is 9.78. The predicted octanol–water partition coefficient (Wildman–Crippen LogP) is 12.8. The van der Waals surface area contributed by atoms with E-state index < -0.39 is 0 Å². The fourth-order valence-corrected chi connectivity index (χ4v) is 7.56. The van der Waals surface area contributed by atoms with Gasteiger partial charge in [-0.25, -0.2) is 0 Å². The normalized spacial score (nSPS) is 11.8. The first-order chi connectivity index (χ1) is 23.8. The molecule has 0 N–H and O–H groups in total. The van der Waals surface area contributed by atoms with Gasteiger partial charge in [0.25, 0.3) is 0 Å². The molecule has 0 aliphatic heterocycles. The van der Waals surface area contributed by atoms with E-state index in [1.54, 1.807) is 0 Å². The summed E-state index contributed by atoms with van der Waals surface area (Å²) in [5, 5.41) is 8.48. The molecule has 0 atom stereocenters. The largest absolute Gasteiger partial charge is 0.455 e. The molecule has 8 aromatic carbocycles. The van der Waals surface area contributed by atoms with E-state index in [0.717, 1.165) is 44.7 Å². The van der Waals surface area contributed by atoms with Crippen LogP contribution < -0.4 is 0 Å². The molecule has 0 aliphatic rings. The van der Waals surface area contributed by atoms with Gasteiger partial charge in [0.05, 0.1) is 11.0 Å². The Morgan fingerprint density at radius 1 is 0.375 bits per heavy atom. The second-order valence-corrected chi connectivity index (χ2v) is 12.5. The lowest BCUT2D eigenvalue weighted by molar-refractivity contribution is 0.633. The van der Waals surface area contributed by atoms with Gasteiger partial charge in [0.1, 0.15) is 11.3 Å². The van der Waals surface area contributed by atoms with Gasteiger partial charge in [-0.2, -0.15) is 0 Å². The lowest BCUT2D eigenvalue weighted by atomic mass is 9.94. The van der Waals surface area contributed by atoms with Gasteiger partial charge in [0.2, 0.25) is 0 Å². The zero-order chi connectivity index (χ0) is 31.6. The highest BCUT2D eigenvalue weighted by Gasteiger charge is 2.20. The van der Waals surface area contributed by atoms with Gasteiger partial charge in [0.15, 0.2) is 0 Å². The fourth-order valence-electron chi connectivity index (χ4n) is 7.56. The van der Waals surface area contributed by atoms with Crippen molar-refractivity contribution in [3.05, 3.63) is 176 Å². The van der Waals surface area contributed by atoms with Crippen LogP contribution in [0.1, 0.15) is 0 Å². The van der Waals surface area contributed by atoms with Crippen molar-refractivity contribution in [2.75, 3.05) is 0 Å². The standard InChI is InChI=1S/C46H29NO/c1-2-13-32-27-35(24-23-30(32)11-1)46-45(41-26-25-33(29-44(41)48-46)38-20-10-14-31-12-3-4-17-37(31)38)34-15-9-16-36(28-34)47-42-21-7-5-18-39(42)40-19-6-8-22-43(40)47/h1-29H. The monoisotopic (exact) mass is 611 g/mol. The summed E-state index contributed by atoms with van der Waals surface area (Å²) in [5.74, 6) is 0.880. The summed E-state index contributed by atoms with van der Waals surface area (Å²) in [5.41, 5.74) is 10.0. The lowest BCUT2D eigenvalue weighted by Gasteiger charge is -2.11. The SMILES string of the molecule is c1cc(-c2c(-c3ccc4ccccc4c3)oc3cc(-c4cccc5ccccc45)ccc23)cc(-n2c3ccccc3c3ccccc32)c1. The molecule has 2 aromatic heterocycles. The highest BCUT2D eigenvalue weighted by atomic mass is 16.3. The second kappa shape index (κ2) is 10.6. The number of aromatic nitrogens is 1. The Hall–Kier alpha value is -6.38. The van der Waals surface area contributed by atoms with Gasteiger partial charge in [-0.3, -0.25) is 0 Å². The number of para-hydroxylation sites is 2. The second-order valence-electron chi connectivity index (χ2n) is 12.5. The van der Waals surface area contributed by atoms with E-state index in [2.05, 4.69) is 180 Å². The topological polar surface area (TPSA) is 18.1 Å². The molecule has 0 saturated carbocycles. The summed E-state index contributed by atoms with van der Waals surface area (Å²) in [6, 6.07) is 63.1. The third kappa shape index (κ3) is 4.13. The third-order valence-corrected chi connectivity index (χ3v) is 9.78. The van der Waals surface area contributed by atoms with Crippen LogP contribution >= 0.6 is 0 Å². The Balaban J connectivity index is 1.22. The molecule has 0 saturated heterocycles. The van der Waals surface area contributed by atoms with Crippen molar-refractivity contribution in [1.29, 1.82) is 0 Å². The molecular formula is C46H29NO. The van der Waals surface area contributed by atoms with Gasteiger partial charge in [-0.05, 0) is 80.7 Å². The molecule has 48 heavy (non-hydrogen) atoms. The van der Waals surface area contributed by atoms with Gasteiger partial charge in [-0.1, -0.05) is 133 Å².